The molecule has 1 aliphatic rings. The Labute approximate surface area is 161 Å². The fourth-order valence-corrected chi connectivity index (χ4v) is 3.37. The molecule has 2 amide bonds. The number of amides is 2. The van der Waals surface area contributed by atoms with Gasteiger partial charge in [0.05, 0.1) is 28.0 Å². The topological polar surface area (TPSA) is 76.0 Å². The Morgan fingerprint density at radius 3 is 2.75 bits per heavy atom. The molecule has 4 rings (SSSR count). The van der Waals surface area contributed by atoms with Crippen LogP contribution in [0.3, 0.4) is 0 Å². The van der Waals surface area contributed by atoms with E-state index in [0.29, 0.717) is 11.0 Å². The summed E-state index contributed by atoms with van der Waals surface area (Å²) in [6.07, 6.45) is -4.82. The van der Waals surface area contributed by atoms with E-state index in [-0.39, 0.29) is 18.1 Å². The zero-order valence-corrected chi connectivity index (χ0v) is 14.8. The molecule has 0 bridgehead atoms. The van der Waals surface area contributed by atoms with E-state index in [4.69, 9.17) is 11.6 Å². The average Bonchev–Trinajstić information content (AvgIpc) is 2.99. The van der Waals surface area contributed by atoms with Gasteiger partial charge in [-0.25, -0.2) is 4.98 Å². The SMILES string of the molecule is O=C1CC(C(=O)Nc2ccc(Cl)c(C(F)(F)F)c2)n2c(nc3ccccc32)N1. The van der Waals surface area contributed by atoms with Crippen LogP contribution in [0, 0.1) is 0 Å². The molecule has 144 valence electrons. The van der Waals surface area contributed by atoms with E-state index in [1.807, 2.05) is 0 Å². The van der Waals surface area contributed by atoms with E-state index in [0.717, 1.165) is 12.1 Å². The number of benzene rings is 2. The van der Waals surface area contributed by atoms with E-state index in [1.54, 1.807) is 28.8 Å². The van der Waals surface area contributed by atoms with Crippen LogP contribution in [0.2, 0.25) is 5.02 Å². The zero-order chi connectivity index (χ0) is 20.1. The standard InChI is InChI=1S/C18H12ClF3N4O2/c19-11-6-5-9(7-10(11)18(20,21)22)23-16(28)14-8-15(27)25-17-24-12-3-1-2-4-13(12)26(14)17/h1-7,14H,8H2,(H,23,28)(H,24,25,27). The van der Waals surface area contributed by atoms with Crippen LogP contribution in [-0.4, -0.2) is 21.4 Å². The summed E-state index contributed by atoms with van der Waals surface area (Å²) in [5, 5.41) is 4.58. The summed E-state index contributed by atoms with van der Waals surface area (Å²) in [5.41, 5.74) is 0.0916. The second-order valence-corrected chi connectivity index (χ2v) is 6.65. The van der Waals surface area contributed by atoms with Crippen molar-refractivity contribution >= 4 is 46.1 Å². The van der Waals surface area contributed by atoms with Gasteiger partial charge in [-0.1, -0.05) is 23.7 Å². The van der Waals surface area contributed by atoms with Crippen molar-refractivity contribution in [3.63, 3.8) is 0 Å². The van der Waals surface area contributed by atoms with Crippen LogP contribution >= 0.6 is 11.6 Å². The highest BCUT2D eigenvalue weighted by molar-refractivity contribution is 6.31. The summed E-state index contributed by atoms with van der Waals surface area (Å²) in [6, 6.07) is 9.14. The lowest BCUT2D eigenvalue weighted by Crippen LogP contribution is -2.35. The molecule has 6 nitrogen and oxygen atoms in total. The van der Waals surface area contributed by atoms with Gasteiger partial charge in [0.25, 0.3) is 0 Å². The zero-order valence-electron chi connectivity index (χ0n) is 14.0. The molecule has 28 heavy (non-hydrogen) atoms. The minimum Gasteiger partial charge on any atom is -0.324 e. The van der Waals surface area contributed by atoms with Gasteiger partial charge >= 0.3 is 6.18 Å². The molecule has 1 aliphatic heterocycles. The lowest BCUT2D eigenvalue weighted by atomic mass is 10.1. The number of anilines is 2. The lowest BCUT2D eigenvalue weighted by Gasteiger charge is -2.25. The molecule has 2 heterocycles. The van der Waals surface area contributed by atoms with E-state index in [9.17, 15) is 22.8 Å². The predicted octanol–water partition coefficient (Wildman–Crippen LogP) is 4.23. The number of imidazole rings is 1. The van der Waals surface area contributed by atoms with Gasteiger partial charge in [0.1, 0.15) is 6.04 Å². The van der Waals surface area contributed by atoms with Crippen molar-refractivity contribution in [2.75, 3.05) is 10.6 Å². The van der Waals surface area contributed by atoms with Crippen molar-refractivity contribution in [2.24, 2.45) is 0 Å². The molecular weight excluding hydrogens is 397 g/mol. The van der Waals surface area contributed by atoms with Crippen molar-refractivity contribution in [1.82, 2.24) is 9.55 Å². The number of para-hydroxylation sites is 2. The Kier molecular flexibility index (Phi) is 4.26. The molecule has 1 unspecified atom stereocenters. The molecule has 1 aromatic heterocycles. The molecule has 10 heteroatoms. The maximum Gasteiger partial charge on any atom is 0.417 e. The highest BCUT2D eigenvalue weighted by Crippen LogP contribution is 2.37. The Morgan fingerprint density at radius 2 is 2.00 bits per heavy atom. The molecular formula is C18H12ClF3N4O2. The number of hydrogen-bond acceptors (Lipinski definition) is 3. The van der Waals surface area contributed by atoms with Crippen molar-refractivity contribution in [3.05, 3.63) is 53.1 Å². The molecule has 1 atom stereocenters. The van der Waals surface area contributed by atoms with Crippen LogP contribution in [0.5, 0.6) is 0 Å². The Bertz CT molecular complexity index is 1110. The highest BCUT2D eigenvalue weighted by Gasteiger charge is 2.35. The summed E-state index contributed by atoms with van der Waals surface area (Å²) in [5.74, 6) is -0.825. The molecule has 0 aliphatic carbocycles. The third-order valence-electron chi connectivity index (χ3n) is 4.38. The number of alkyl halides is 3. The molecule has 0 spiro atoms. The molecule has 0 saturated heterocycles. The minimum absolute atomic E-state index is 0.0707. The molecule has 2 N–H and O–H groups in total. The van der Waals surface area contributed by atoms with Crippen LogP contribution in [0.4, 0.5) is 24.8 Å². The fourth-order valence-electron chi connectivity index (χ4n) is 3.15. The Morgan fingerprint density at radius 1 is 1.25 bits per heavy atom. The third-order valence-corrected chi connectivity index (χ3v) is 4.71. The second kappa shape index (κ2) is 6.52. The van der Waals surface area contributed by atoms with Crippen LogP contribution in [-0.2, 0) is 15.8 Å². The van der Waals surface area contributed by atoms with E-state index < -0.39 is 34.6 Å². The third kappa shape index (κ3) is 3.18. The minimum atomic E-state index is -4.66. The van der Waals surface area contributed by atoms with Crippen molar-refractivity contribution in [1.29, 1.82) is 0 Å². The number of fused-ring (bicyclic) bond motifs is 3. The van der Waals surface area contributed by atoms with Gasteiger partial charge in [0, 0.05) is 5.69 Å². The first-order chi connectivity index (χ1) is 13.2. The predicted molar refractivity (Wildman–Crippen MR) is 97.1 cm³/mol. The fraction of sp³-hybridized carbons (Fsp3) is 0.167. The normalized spacial score (nSPS) is 16.6. The average molecular weight is 409 g/mol. The van der Waals surface area contributed by atoms with Gasteiger partial charge in [0.15, 0.2) is 0 Å². The number of hydrogen-bond donors (Lipinski definition) is 2. The van der Waals surface area contributed by atoms with Crippen molar-refractivity contribution in [2.45, 2.75) is 18.6 Å². The first-order valence-corrected chi connectivity index (χ1v) is 8.56. The number of nitrogens with one attached hydrogen (secondary N) is 2. The van der Waals surface area contributed by atoms with Gasteiger partial charge in [-0.15, -0.1) is 0 Å². The smallest absolute Gasteiger partial charge is 0.324 e. The summed E-state index contributed by atoms with van der Waals surface area (Å²) in [6.45, 7) is 0. The van der Waals surface area contributed by atoms with Crippen molar-refractivity contribution < 1.29 is 22.8 Å². The molecule has 0 fully saturated rings. The van der Waals surface area contributed by atoms with E-state index >= 15 is 0 Å². The molecule has 0 saturated carbocycles. The quantitative estimate of drug-likeness (QED) is 0.666. The largest absolute Gasteiger partial charge is 0.417 e. The van der Waals surface area contributed by atoms with E-state index in [1.165, 1.54) is 6.07 Å². The van der Waals surface area contributed by atoms with E-state index in [2.05, 4.69) is 15.6 Å². The highest BCUT2D eigenvalue weighted by atomic mass is 35.5. The molecule has 3 aromatic rings. The number of rotatable bonds is 2. The molecule has 2 aromatic carbocycles. The van der Waals surface area contributed by atoms with Crippen molar-refractivity contribution in [3.8, 4) is 0 Å². The summed E-state index contributed by atoms with van der Waals surface area (Å²) >= 11 is 5.60. The number of aromatic nitrogens is 2. The van der Waals surface area contributed by atoms with Crippen LogP contribution in [0.1, 0.15) is 18.0 Å². The Balaban J connectivity index is 1.69. The maximum atomic E-state index is 13.0. The monoisotopic (exact) mass is 408 g/mol. The second-order valence-electron chi connectivity index (χ2n) is 6.24. The van der Waals surface area contributed by atoms with Gasteiger partial charge in [-0.05, 0) is 30.3 Å². The Hall–Kier alpha value is -3.07. The lowest BCUT2D eigenvalue weighted by molar-refractivity contribution is -0.137. The first-order valence-electron chi connectivity index (χ1n) is 8.18. The summed E-state index contributed by atoms with van der Waals surface area (Å²) in [4.78, 5) is 29.1. The first kappa shape index (κ1) is 18.3. The van der Waals surface area contributed by atoms with Crippen LogP contribution in [0.25, 0.3) is 11.0 Å². The van der Waals surface area contributed by atoms with Crippen LogP contribution < -0.4 is 10.6 Å². The maximum absolute atomic E-state index is 13.0. The number of halogens is 4. The van der Waals surface area contributed by atoms with Gasteiger partial charge in [-0.3, -0.25) is 19.5 Å². The number of carbonyl (C=O) groups excluding carboxylic acids is 2. The van der Waals surface area contributed by atoms with Crippen LogP contribution in [0.15, 0.2) is 42.5 Å². The number of carbonyl (C=O) groups is 2. The summed E-state index contributed by atoms with van der Waals surface area (Å²) in [7, 11) is 0. The van der Waals surface area contributed by atoms with Gasteiger partial charge < -0.3 is 5.32 Å². The number of nitrogens with zero attached hydrogens (tertiary/aromatic N) is 2. The molecule has 0 radical (unpaired) electrons. The summed E-state index contributed by atoms with van der Waals surface area (Å²) < 4.78 is 40.7. The van der Waals surface area contributed by atoms with Gasteiger partial charge in [0.2, 0.25) is 17.8 Å². The van der Waals surface area contributed by atoms with Gasteiger partial charge in [-0.2, -0.15) is 13.2 Å².